The van der Waals surface area contributed by atoms with Crippen molar-refractivity contribution in [3.63, 3.8) is 0 Å². The summed E-state index contributed by atoms with van der Waals surface area (Å²) in [4.78, 5) is 27.8. The van der Waals surface area contributed by atoms with Crippen LogP contribution >= 0.6 is 0 Å². The number of carboxylic acids is 1. The van der Waals surface area contributed by atoms with E-state index in [1.807, 2.05) is 18.7 Å². The van der Waals surface area contributed by atoms with Gasteiger partial charge in [0.2, 0.25) is 11.5 Å². The summed E-state index contributed by atoms with van der Waals surface area (Å²) in [6, 6.07) is 7.20. The number of rotatable bonds is 6. The fourth-order valence-electron chi connectivity index (χ4n) is 2.60. The molecule has 0 aromatic heterocycles. The van der Waals surface area contributed by atoms with Crippen molar-refractivity contribution in [2.75, 3.05) is 0 Å². The lowest BCUT2D eigenvalue weighted by molar-refractivity contribution is -0.161. The van der Waals surface area contributed by atoms with E-state index in [9.17, 15) is 9.59 Å². The molecule has 2 atom stereocenters. The van der Waals surface area contributed by atoms with E-state index in [2.05, 4.69) is 5.16 Å². The summed E-state index contributed by atoms with van der Waals surface area (Å²) in [6.07, 6.45) is 1.90. The third-order valence-electron chi connectivity index (χ3n) is 4.32. The standard InChI is InChI=1S/C17H22N2O4/c1-10(19-23-17(2,3)16(21)22)13-7-8-14(13)11-5-4-6-12(9-11)15(18)20/h4-6,9,13-14H,7-8H2,1-3H3,(H2,18,20)(H,21,22)/b19-10+/i/hD. The number of hydrogen-bond donors (Lipinski definition) is 2. The van der Waals surface area contributed by atoms with E-state index in [0.717, 1.165) is 24.1 Å². The van der Waals surface area contributed by atoms with Crippen LogP contribution in [0.15, 0.2) is 29.4 Å². The number of carbonyl (C=O) groups is 2. The van der Waals surface area contributed by atoms with Crippen molar-refractivity contribution < 1.29 is 20.9 Å². The average molecular weight is 319 g/mol. The Morgan fingerprint density at radius 1 is 1.43 bits per heavy atom. The van der Waals surface area contributed by atoms with Gasteiger partial charge in [-0.25, -0.2) is 4.79 Å². The Balaban J connectivity index is 2.12. The summed E-state index contributed by atoms with van der Waals surface area (Å²) >= 11 is 0. The maximum absolute atomic E-state index is 11.6. The maximum Gasteiger partial charge on any atom is 0.350 e. The molecule has 3 N–H and O–H groups in total. The zero-order valence-corrected chi connectivity index (χ0v) is 13.5. The quantitative estimate of drug-likeness (QED) is 0.621. The van der Waals surface area contributed by atoms with Crippen molar-refractivity contribution in [3.05, 3.63) is 35.4 Å². The van der Waals surface area contributed by atoms with Gasteiger partial charge in [-0.3, -0.25) is 4.79 Å². The highest BCUT2D eigenvalue weighted by atomic mass is 16.7. The molecule has 0 aliphatic heterocycles. The van der Waals surface area contributed by atoms with Crippen LogP contribution in [-0.2, 0) is 9.63 Å². The number of aliphatic carboxylic acids is 1. The normalized spacial score (nSPS) is 21.9. The Morgan fingerprint density at radius 2 is 2.17 bits per heavy atom. The molecule has 1 saturated carbocycles. The molecule has 1 fully saturated rings. The first-order chi connectivity index (χ1) is 11.3. The predicted octanol–water partition coefficient (Wildman–Crippen LogP) is 2.53. The maximum atomic E-state index is 11.6. The molecule has 23 heavy (non-hydrogen) atoms. The van der Waals surface area contributed by atoms with Crippen molar-refractivity contribution in [1.29, 1.82) is 0 Å². The molecule has 0 heterocycles. The van der Waals surface area contributed by atoms with Gasteiger partial charge >= 0.3 is 5.97 Å². The average Bonchev–Trinajstić information content (AvgIpc) is 2.51. The van der Waals surface area contributed by atoms with Crippen LogP contribution in [0, 0.1) is 5.92 Å². The number of hydrogen-bond acceptors (Lipinski definition) is 4. The lowest BCUT2D eigenvalue weighted by Crippen LogP contribution is -2.35. The minimum absolute atomic E-state index is 0.156. The molecule has 1 aromatic rings. The molecule has 0 bridgehead atoms. The van der Waals surface area contributed by atoms with Crippen LogP contribution < -0.4 is 5.73 Å². The molecule has 6 nitrogen and oxygen atoms in total. The fraction of sp³-hybridized carbons (Fsp3) is 0.471. The van der Waals surface area contributed by atoms with Crippen LogP contribution in [-0.4, -0.2) is 28.3 Å². The minimum atomic E-state index is -1.37. The van der Waals surface area contributed by atoms with Gasteiger partial charge in [0.15, 0.2) is 1.41 Å². The van der Waals surface area contributed by atoms with E-state index < -0.39 is 17.5 Å². The molecular formula is C17H22N2O4. The van der Waals surface area contributed by atoms with Gasteiger partial charge in [0.05, 0.1) is 5.71 Å². The number of amides is 1. The van der Waals surface area contributed by atoms with Gasteiger partial charge in [-0.1, -0.05) is 17.3 Å². The van der Waals surface area contributed by atoms with Crippen LogP contribution in [0.5, 0.6) is 0 Å². The van der Waals surface area contributed by atoms with Gasteiger partial charge < -0.3 is 15.7 Å². The second-order valence-corrected chi connectivity index (χ2v) is 6.38. The first kappa shape index (κ1) is 15.5. The van der Waals surface area contributed by atoms with Crippen LogP contribution in [0.25, 0.3) is 0 Å². The van der Waals surface area contributed by atoms with Gasteiger partial charge in [-0.2, -0.15) is 0 Å². The van der Waals surface area contributed by atoms with E-state index in [4.69, 9.17) is 11.4 Å². The van der Waals surface area contributed by atoms with Crippen molar-refractivity contribution in [1.82, 2.24) is 0 Å². The van der Waals surface area contributed by atoms with Crippen molar-refractivity contribution in [2.45, 2.75) is 45.1 Å². The third kappa shape index (κ3) is 3.70. The Labute approximate surface area is 136 Å². The monoisotopic (exact) mass is 319 g/mol. The van der Waals surface area contributed by atoms with Crippen LogP contribution in [0.2, 0.25) is 1.41 Å². The van der Waals surface area contributed by atoms with Crippen molar-refractivity contribution in [2.24, 2.45) is 16.8 Å². The van der Waals surface area contributed by atoms with E-state index >= 15 is 0 Å². The highest BCUT2D eigenvalue weighted by Crippen LogP contribution is 2.43. The largest absolute Gasteiger partial charge is 0.478 e. The molecule has 1 aliphatic rings. The molecule has 6 heteroatoms. The van der Waals surface area contributed by atoms with Gasteiger partial charge in [0.25, 0.3) is 0 Å². The summed E-state index contributed by atoms with van der Waals surface area (Å²) in [6.45, 7) is 4.73. The number of benzene rings is 1. The fourth-order valence-corrected chi connectivity index (χ4v) is 2.60. The van der Waals surface area contributed by atoms with Gasteiger partial charge in [-0.15, -0.1) is 0 Å². The van der Waals surface area contributed by atoms with Crippen LogP contribution in [0.4, 0.5) is 0 Å². The summed E-state index contributed by atoms with van der Waals surface area (Å²) < 4.78 is 6.96. The Bertz CT molecular complexity index is 672. The van der Waals surface area contributed by atoms with Crippen LogP contribution in [0.1, 0.15) is 55.5 Å². The van der Waals surface area contributed by atoms with Crippen molar-refractivity contribution in [3.8, 4) is 0 Å². The lowest BCUT2D eigenvalue weighted by atomic mass is 9.68. The molecule has 1 aromatic carbocycles. The Hall–Kier alpha value is -2.37. The molecule has 2 unspecified atom stereocenters. The number of carboxylic acid groups (broad SMARTS) is 1. The lowest BCUT2D eigenvalue weighted by Gasteiger charge is -2.37. The molecule has 0 radical (unpaired) electrons. The predicted molar refractivity (Wildman–Crippen MR) is 86.3 cm³/mol. The second kappa shape index (κ2) is 6.40. The third-order valence-corrected chi connectivity index (χ3v) is 4.32. The summed E-state index contributed by atoms with van der Waals surface area (Å²) in [5.41, 5.74) is 2.72. The molecule has 1 amide bonds. The first-order valence-corrected chi connectivity index (χ1v) is 7.54. The Kier molecular flexibility index (Phi) is 4.32. The summed E-state index contributed by atoms with van der Waals surface area (Å²) in [5.74, 6) is -1.14. The summed E-state index contributed by atoms with van der Waals surface area (Å²) in [5, 5.41) is 13.1. The Morgan fingerprint density at radius 3 is 2.74 bits per heavy atom. The molecular weight excluding hydrogens is 296 g/mol. The molecule has 0 saturated heterocycles. The van der Waals surface area contributed by atoms with Gasteiger partial charge in [0, 0.05) is 11.5 Å². The number of nitrogens with zero attached hydrogens (tertiary/aromatic N) is 1. The van der Waals surface area contributed by atoms with E-state index in [-0.39, 0.29) is 11.8 Å². The van der Waals surface area contributed by atoms with Gasteiger partial charge in [-0.05, 0) is 57.2 Å². The number of primary amides is 1. The molecule has 0 spiro atoms. The zero-order valence-electron chi connectivity index (χ0n) is 14.5. The molecule has 1 aliphatic carbocycles. The highest BCUT2D eigenvalue weighted by Gasteiger charge is 2.36. The smallest absolute Gasteiger partial charge is 0.350 e. The molecule has 2 rings (SSSR count). The van der Waals surface area contributed by atoms with Gasteiger partial charge in [0.1, 0.15) is 0 Å². The van der Waals surface area contributed by atoms with E-state index in [1.54, 1.807) is 18.2 Å². The number of oxime groups is 1. The highest BCUT2D eigenvalue weighted by molar-refractivity contribution is 5.93. The zero-order chi connectivity index (χ0) is 17.9. The minimum Gasteiger partial charge on any atom is -0.478 e. The number of carbonyl (C=O) groups excluding carboxylic acids is 1. The molecule has 124 valence electrons. The number of nitrogens with two attached hydrogens (primary N) is 1. The SMILES string of the molecule is [2H]NC(=O)c1cccc(C2CCC2/C(C)=N/OC(C)(C)C(=O)O)c1. The van der Waals surface area contributed by atoms with Crippen LogP contribution in [0.3, 0.4) is 0 Å². The first-order valence-electron chi connectivity index (χ1n) is 8.04. The van der Waals surface area contributed by atoms with E-state index in [0.29, 0.717) is 5.56 Å². The summed E-state index contributed by atoms with van der Waals surface area (Å²) in [7, 11) is 0. The topological polar surface area (TPSA) is 102 Å². The second-order valence-electron chi connectivity index (χ2n) is 6.38. The van der Waals surface area contributed by atoms with Crippen molar-refractivity contribution >= 4 is 17.6 Å². The van der Waals surface area contributed by atoms with E-state index in [1.165, 1.54) is 13.8 Å².